The number of rotatable bonds is 3. The van der Waals surface area contributed by atoms with Crippen LogP contribution >= 0.6 is 23.1 Å². The van der Waals surface area contributed by atoms with Gasteiger partial charge in [0.05, 0.1) is 21.4 Å². The number of hydrogen-bond acceptors (Lipinski definition) is 5. The number of carboxylic acid groups (broad SMARTS) is 1. The van der Waals surface area contributed by atoms with Gasteiger partial charge in [0.1, 0.15) is 0 Å². The molecule has 0 aliphatic carbocycles. The van der Waals surface area contributed by atoms with Crippen LogP contribution in [0.1, 0.15) is 10.4 Å². The lowest BCUT2D eigenvalue weighted by atomic mass is 10.2. The minimum Gasteiger partial charge on any atom is -0.478 e. The van der Waals surface area contributed by atoms with E-state index >= 15 is 0 Å². The first kappa shape index (κ1) is 12.2. The highest BCUT2D eigenvalue weighted by Crippen LogP contribution is 2.37. The lowest BCUT2D eigenvalue weighted by molar-refractivity contribution is 0.0693. The molecule has 0 saturated carbocycles. The average molecular weight is 291 g/mol. The quantitative estimate of drug-likeness (QED) is 0.803. The predicted molar refractivity (Wildman–Crippen MR) is 73.9 cm³/mol. The lowest BCUT2D eigenvalue weighted by Crippen LogP contribution is -2.01. The van der Waals surface area contributed by atoms with Crippen molar-refractivity contribution in [2.24, 2.45) is 7.05 Å². The zero-order valence-corrected chi connectivity index (χ0v) is 11.5. The van der Waals surface area contributed by atoms with Crippen molar-refractivity contribution in [3.05, 3.63) is 35.5 Å². The summed E-state index contributed by atoms with van der Waals surface area (Å²) in [4.78, 5) is 16.2. The number of pyridine rings is 1. The van der Waals surface area contributed by atoms with Gasteiger partial charge in [-0.1, -0.05) is 17.8 Å². The van der Waals surface area contributed by atoms with Gasteiger partial charge in [0.15, 0.2) is 5.65 Å². The second-order valence-corrected chi connectivity index (χ2v) is 6.10. The number of aromatic nitrogens is 3. The molecule has 3 rings (SSSR count). The highest BCUT2D eigenvalue weighted by molar-refractivity contribution is 8.01. The molecule has 5 nitrogen and oxygen atoms in total. The number of carbonyl (C=O) groups is 1. The number of fused-ring (bicyclic) bond motifs is 1. The molecule has 3 heterocycles. The Bertz CT molecular complexity index is 750. The van der Waals surface area contributed by atoms with Crippen molar-refractivity contribution in [3.8, 4) is 0 Å². The maximum Gasteiger partial charge on any atom is 0.338 e. The molecule has 96 valence electrons. The Balaban J connectivity index is 2.22. The van der Waals surface area contributed by atoms with E-state index in [0.29, 0.717) is 10.5 Å². The molecule has 0 bridgehead atoms. The fourth-order valence-electron chi connectivity index (χ4n) is 1.76. The first-order valence-corrected chi connectivity index (χ1v) is 7.12. The summed E-state index contributed by atoms with van der Waals surface area (Å²) >= 11 is 3.01. The fraction of sp³-hybridized carbons (Fsp3) is 0.0833. The van der Waals surface area contributed by atoms with E-state index in [0.717, 1.165) is 9.60 Å². The molecule has 0 aliphatic heterocycles. The highest BCUT2D eigenvalue weighted by atomic mass is 32.2. The van der Waals surface area contributed by atoms with Crippen molar-refractivity contribution < 1.29 is 9.90 Å². The Morgan fingerprint density at radius 1 is 1.47 bits per heavy atom. The van der Waals surface area contributed by atoms with Crippen LogP contribution < -0.4 is 0 Å². The van der Waals surface area contributed by atoms with E-state index < -0.39 is 5.97 Å². The molecule has 0 atom stereocenters. The SMILES string of the molecule is Cn1ncc2c(Sc3cccs3)c(C(=O)O)cnc21. The maximum atomic E-state index is 11.3. The number of hydrogen-bond donors (Lipinski definition) is 1. The summed E-state index contributed by atoms with van der Waals surface area (Å²) in [6.07, 6.45) is 3.05. The Morgan fingerprint density at radius 3 is 3.00 bits per heavy atom. The van der Waals surface area contributed by atoms with Gasteiger partial charge in [0, 0.05) is 18.1 Å². The van der Waals surface area contributed by atoms with Gasteiger partial charge < -0.3 is 5.11 Å². The molecule has 0 aromatic carbocycles. The van der Waals surface area contributed by atoms with E-state index in [1.54, 1.807) is 29.3 Å². The van der Waals surface area contributed by atoms with E-state index in [9.17, 15) is 9.90 Å². The van der Waals surface area contributed by atoms with Crippen LogP contribution in [0.5, 0.6) is 0 Å². The normalized spacial score (nSPS) is 11.0. The monoisotopic (exact) mass is 291 g/mol. The number of aryl methyl sites for hydroxylation is 1. The van der Waals surface area contributed by atoms with Gasteiger partial charge in [-0.2, -0.15) is 5.10 Å². The van der Waals surface area contributed by atoms with E-state index in [-0.39, 0.29) is 5.56 Å². The molecule has 0 fully saturated rings. The van der Waals surface area contributed by atoms with E-state index in [1.807, 2.05) is 17.5 Å². The molecule has 1 N–H and O–H groups in total. The molecule has 0 aliphatic rings. The van der Waals surface area contributed by atoms with Crippen LogP contribution in [0, 0.1) is 0 Å². The van der Waals surface area contributed by atoms with Crippen LogP contribution in [0.2, 0.25) is 0 Å². The summed E-state index contributed by atoms with van der Waals surface area (Å²) in [6, 6.07) is 3.90. The van der Waals surface area contributed by atoms with Gasteiger partial charge in [-0.25, -0.2) is 9.78 Å². The van der Waals surface area contributed by atoms with E-state index in [2.05, 4.69) is 10.1 Å². The Labute approximate surface area is 116 Å². The third-order valence-electron chi connectivity index (χ3n) is 2.64. The largest absolute Gasteiger partial charge is 0.478 e. The molecule has 0 radical (unpaired) electrons. The zero-order chi connectivity index (χ0) is 13.4. The molecule has 0 saturated heterocycles. The average Bonchev–Trinajstić information content (AvgIpc) is 3.00. The van der Waals surface area contributed by atoms with Gasteiger partial charge in [-0.05, 0) is 11.4 Å². The van der Waals surface area contributed by atoms with Crippen molar-refractivity contribution in [3.63, 3.8) is 0 Å². The summed E-state index contributed by atoms with van der Waals surface area (Å²) < 4.78 is 2.68. The summed E-state index contributed by atoms with van der Waals surface area (Å²) in [6.45, 7) is 0. The molecule has 0 spiro atoms. The van der Waals surface area contributed by atoms with Gasteiger partial charge in [0.2, 0.25) is 0 Å². The standard InChI is InChI=1S/C12H9N3O2S2/c1-15-11-7(6-14-15)10(8(5-13-11)12(16)17)19-9-3-2-4-18-9/h2-6H,1H3,(H,16,17). The third kappa shape index (κ3) is 2.11. The summed E-state index contributed by atoms with van der Waals surface area (Å²) in [5.74, 6) is -0.975. The molecular formula is C12H9N3O2S2. The van der Waals surface area contributed by atoms with Crippen molar-refractivity contribution >= 4 is 40.1 Å². The Kier molecular flexibility index (Phi) is 3.00. The van der Waals surface area contributed by atoms with Gasteiger partial charge in [-0.3, -0.25) is 4.68 Å². The van der Waals surface area contributed by atoms with Crippen molar-refractivity contribution in [2.75, 3.05) is 0 Å². The second kappa shape index (κ2) is 4.67. The minimum absolute atomic E-state index is 0.207. The smallest absolute Gasteiger partial charge is 0.338 e. The summed E-state index contributed by atoms with van der Waals surface area (Å²) in [5.41, 5.74) is 0.892. The van der Waals surface area contributed by atoms with Gasteiger partial charge in [-0.15, -0.1) is 11.3 Å². The molecule has 7 heteroatoms. The highest BCUT2D eigenvalue weighted by Gasteiger charge is 2.18. The number of carboxylic acids is 1. The third-order valence-corrected chi connectivity index (χ3v) is 4.82. The molecule has 3 aromatic rings. The number of thiophene rings is 1. The van der Waals surface area contributed by atoms with Crippen LogP contribution in [0.25, 0.3) is 11.0 Å². The predicted octanol–water partition coefficient (Wildman–Crippen LogP) is 2.88. The lowest BCUT2D eigenvalue weighted by Gasteiger charge is -2.05. The van der Waals surface area contributed by atoms with Crippen LogP contribution in [0.15, 0.2) is 39.0 Å². The summed E-state index contributed by atoms with van der Waals surface area (Å²) in [7, 11) is 1.79. The molecular weight excluding hydrogens is 282 g/mol. The fourth-order valence-corrected chi connectivity index (χ4v) is 3.67. The van der Waals surface area contributed by atoms with Gasteiger partial charge in [0.25, 0.3) is 0 Å². The number of aromatic carboxylic acids is 1. The molecule has 19 heavy (non-hydrogen) atoms. The van der Waals surface area contributed by atoms with Crippen molar-refractivity contribution in [2.45, 2.75) is 9.10 Å². The Morgan fingerprint density at radius 2 is 2.32 bits per heavy atom. The first-order chi connectivity index (χ1) is 9.16. The zero-order valence-electron chi connectivity index (χ0n) is 9.90. The topological polar surface area (TPSA) is 68.0 Å². The van der Waals surface area contributed by atoms with Crippen molar-refractivity contribution in [1.82, 2.24) is 14.8 Å². The maximum absolute atomic E-state index is 11.3. The molecule has 0 unspecified atom stereocenters. The van der Waals surface area contributed by atoms with Crippen LogP contribution in [0.3, 0.4) is 0 Å². The van der Waals surface area contributed by atoms with Crippen molar-refractivity contribution in [1.29, 1.82) is 0 Å². The van der Waals surface area contributed by atoms with E-state index in [4.69, 9.17) is 0 Å². The minimum atomic E-state index is -0.975. The van der Waals surface area contributed by atoms with E-state index in [1.165, 1.54) is 18.0 Å². The second-order valence-electron chi connectivity index (χ2n) is 3.85. The Hall–Kier alpha value is -1.86. The molecule has 0 amide bonds. The number of nitrogens with zero attached hydrogens (tertiary/aromatic N) is 3. The van der Waals surface area contributed by atoms with Gasteiger partial charge >= 0.3 is 5.97 Å². The van der Waals surface area contributed by atoms with Crippen LogP contribution in [-0.2, 0) is 7.05 Å². The van der Waals surface area contributed by atoms with Crippen LogP contribution in [-0.4, -0.2) is 25.8 Å². The van der Waals surface area contributed by atoms with Crippen LogP contribution in [0.4, 0.5) is 0 Å². The first-order valence-electron chi connectivity index (χ1n) is 5.42. The summed E-state index contributed by atoms with van der Waals surface area (Å²) in [5, 5.41) is 16.1. The molecule has 3 aromatic heterocycles.